The number of aryl methyl sites for hydroxylation is 1. The van der Waals surface area contributed by atoms with Crippen molar-refractivity contribution in [3.63, 3.8) is 0 Å². The summed E-state index contributed by atoms with van der Waals surface area (Å²) in [5.74, 6) is -1.12. The highest BCUT2D eigenvalue weighted by Gasteiger charge is 2.22. The van der Waals surface area contributed by atoms with Crippen LogP contribution in [0, 0.1) is 12.7 Å². The van der Waals surface area contributed by atoms with Crippen LogP contribution in [0.4, 0.5) is 15.8 Å². The Morgan fingerprint density at radius 2 is 1.77 bits per heavy atom. The number of hydrogen-bond donors (Lipinski definition) is 1. The van der Waals surface area contributed by atoms with Crippen LogP contribution in [0.5, 0.6) is 0 Å². The van der Waals surface area contributed by atoms with Gasteiger partial charge in [0.2, 0.25) is 0 Å². The molecule has 1 atom stereocenters. The molecule has 0 saturated carbocycles. The van der Waals surface area contributed by atoms with Gasteiger partial charge in [-0.05, 0) is 42.8 Å². The van der Waals surface area contributed by atoms with E-state index < -0.39 is 17.2 Å². The average molecular weight is 389 g/mol. The minimum absolute atomic E-state index is 0.106. The first-order valence-electron chi connectivity index (χ1n) is 7.52. The molecule has 5 nitrogen and oxygen atoms in total. The van der Waals surface area contributed by atoms with Crippen LogP contribution >= 0.6 is 11.3 Å². The third kappa shape index (κ3) is 3.67. The lowest BCUT2D eigenvalue weighted by Crippen LogP contribution is -2.22. The van der Waals surface area contributed by atoms with Crippen molar-refractivity contribution in [1.29, 1.82) is 0 Å². The van der Waals surface area contributed by atoms with Gasteiger partial charge in [0.25, 0.3) is 5.91 Å². The number of carbonyl (C=O) groups excluding carboxylic acids is 1. The standard InChI is InChI=1S/C18H15FN2O3S2/c1-11-2-8-14(9-3-11)21(26(23)24)15-10-16(25-17(15)18(20)22)12-4-6-13(19)7-5-12/h2-10H,1H3,(H2,20,22)(H,23,24)/p-1. The van der Waals surface area contributed by atoms with Crippen LogP contribution < -0.4 is 10.0 Å². The third-order valence-electron chi connectivity index (χ3n) is 3.70. The van der Waals surface area contributed by atoms with E-state index in [1.807, 2.05) is 6.92 Å². The zero-order valence-corrected chi connectivity index (χ0v) is 15.3. The molecule has 1 aromatic heterocycles. The molecule has 134 valence electrons. The van der Waals surface area contributed by atoms with Gasteiger partial charge in [-0.15, -0.1) is 11.3 Å². The fraction of sp³-hybridized carbons (Fsp3) is 0.0556. The number of thiophene rings is 1. The molecule has 1 heterocycles. The molecule has 1 unspecified atom stereocenters. The third-order valence-corrected chi connectivity index (χ3v) is 5.59. The van der Waals surface area contributed by atoms with Crippen LogP contribution in [0.15, 0.2) is 54.6 Å². The van der Waals surface area contributed by atoms with Crippen LogP contribution in [-0.4, -0.2) is 14.7 Å². The molecule has 0 aliphatic heterocycles. The first kappa shape index (κ1) is 18.2. The molecule has 3 aromatic rings. The Balaban J connectivity index is 2.14. The highest BCUT2D eigenvalue weighted by molar-refractivity contribution is 7.81. The summed E-state index contributed by atoms with van der Waals surface area (Å²) in [6.45, 7) is 1.88. The first-order valence-corrected chi connectivity index (χ1v) is 9.37. The van der Waals surface area contributed by atoms with Gasteiger partial charge in [-0.25, -0.2) is 4.39 Å². The van der Waals surface area contributed by atoms with Crippen LogP contribution in [0.2, 0.25) is 0 Å². The number of halogens is 1. The Kier molecular flexibility index (Phi) is 5.17. The van der Waals surface area contributed by atoms with Gasteiger partial charge < -0.3 is 10.3 Å². The maximum Gasteiger partial charge on any atom is 0.260 e. The number of benzene rings is 2. The summed E-state index contributed by atoms with van der Waals surface area (Å²) in [5.41, 5.74) is 7.63. The van der Waals surface area contributed by atoms with Crippen molar-refractivity contribution in [2.75, 3.05) is 4.31 Å². The molecule has 26 heavy (non-hydrogen) atoms. The minimum atomic E-state index is -2.66. The van der Waals surface area contributed by atoms with Gasteiger partial charge in [-0.2, -0.15) is 0 Å². The second-order valence-corrected chi connectivity index (χ2v) is 7.39. The number of hydrogen-bond acceptors (Lipinski definition) is 4. The predicted octanol–water partition coefficient (Wildman–Crippen LogP) is 3.89. The maximum atomic E-state index is 13.1. The Morgan fingerprint density at radius 3 is 2.31 bits per heavy atom. The van der Waals surface area contributed by atoms with Crippen LogP contribution in [-0.2, 0) is 11.3 Å². The molecule has 0 aliphatic carbocycles. The molecule has 2 N–H and O–H groups in total. The molecular formula is C18H14FN2O3S2-. The summed E-state index contributed by atoms with van der Waals surface area (Å²) in [4.78, 5) is 12.6. The second kappa shape index (κ2) is 7.36. The molecule has 0 saturated heterocycles. The van der Waals surface area contributed by atoms with Gasteiger partial charge in [0.15, 0.2) is 0 Å². The summed E-state index contributed by atoms with van der Waals surface area (Å²) in [5, 5.41) is 0. The molecule has 2 aromatic carbocycles. The summed E-state index contributed by atoms with van der Waals surface area (Å²) in [6.07, 6.45) is 0. The predicted molar refractivity (Wildman–Crippen MR) is 100 cm³/mol. The molecule has 0 aliphatic rings. The number of amides is 1. The number of rotatable bonds is 5. The van der Waals surface area contributed by atoms with E-state index in [0.29, 0.717) is 16.1 Å². The van der Waals surface area contributed by atoms with E-state index in [0.717, 1.165) is 21.2 Å². The molecule has 3 rings (SSSR count). The van der Waals surface area contributed by atoms with E-state index in [9.17, 15) is 17.9 Å². The largest absolute Gasteiger partial charge is 0.755 e. The summed E-state index contributed by atoms with van der Waals surface area (Å²) < 4.78 is 37.9. The van der Waals surface area contributed by atoms with E-state index >= 15 is 0 Å². The van der Waals surface area contributed by atoms with E-state index in [-0.39, 0.29) is 16.4 Å². The fourth-order valence-corrected chi connectivity index (χ4v) is 4.11. The summed E-state index contributed by atoms with van der Waals surface area (Å²) in [7, 11) is 0. The molecule has 0 spiro atoms. The van der Waals surface area contributed by atoms with Crippen molar-refractivity contribution < 1.29 is 17.9 Å². The van der Waals surface area contributed by atoms with Crippen molar-refractivity contribution in [2.24, 2.45) is 5.73 Å². The molecular weight excluding hydrogens is 375 g/mol. The van der Waals surface area contributed by atoms with Crippen molar-refractivity contribution in [2.45, 2.75) is 6.92 Å². The molecule has 0 fully saturated rings. The number of carbonyl (C=O) groups is 1. The van der Waals surface area contributed by atoms with Crippen molar-refractivity contribution >= 4 is 39.9 Å². The topological polar surface area (TPSA) is 86.5 Å². The van der Waals surface area contributed by atoms with Gasteiger partial charge in [0.1, 0.15) is 10.7 Å². The van der Waals surface area contributed by atoms with E-state index in [1.54, 1.807) is 42.5 Å². The quantitative estimate of drug-likeness (QED) is 0.672. The smallest absolute Gasteiger partial charge is 0.260 e. The number of nitrogens with zero attached hydrogens (tertiary/aromatic N) is 1. The normalized spacial score (nSPS) is 12.0. The lowest BCUT2D eigenvalue weighted by atomic mass is 10.1. The Hall–Kier alpha value is -2.55. The second-order valence-electron chi connectivity index (χ2n) is 5.54. The minimum Gasteiger partial charge on any atom is -0.755 e. The first-order chi connectivity index (χ1) is 12.4. The Morgan fingerprint density at radius 1 is 1.15 bits per heavy atom. The fourth-order valence-electron chi connectivity index (χ4n) is 2.45. The van der Waals surface area contributed by atoms with Gasteiger partial charge in [-0.1, -0.05) is 29.8 Å². The van der Waals surface area contributed by atoms with Gasteiger partial charge in [-0.3, -0.25) is 13.3 Å². The van der Waals surface area contributed by atoms with Gasteiger partial charge in [0.05, 0.1) is 22.6 Å². The monoisotopic (exact) mass is 389 g/mol. The van der Waals surface area contributed by atoms with E-state index in [4.69, 9.17) is 5.73 Å². The van der Waals surface area contributed by atoms with E-state index in [1.165, 1.54) is 12.1 Å². The summed E-state index contributed by atoms with van der Waals surface area (Å²) >= 11 is -1.61. The van der Waals surface area contributed by atoms with Crippen molar-refractivity contribution in [1.82, 2.24) is 0 Å². The highest BCUT2D eigenvalue weighted by atomic mass is 32.2. The number of primary amides is 1. The zero-order valence-electron chi connectivity index (χ0n) is 13.6. The average Bonchev–Trinajstić information content (AvgIpc) is 3.02. The Bertz CT molecular complexity index is 969. The lowest BCUT2D eigenvalue weighted by molar-refractivity contribution is 0.100. The molecule has 8 heteroatoms. The molecule has 1 amide bonds. The van der Waals surface area contributed by atoms with Crippen molar-refractivity contribution in [3.05, 3.63) is 70.9 Å². The number of nitrogens with two attached hydrogens (primary N) is 1. The van der Waals surface area contributed by atoms with Crippen LogP contribution in [0.3, 0.4) is 0 Å². The lowest BCUT2D eigenvalue weighted by Gasteiger charge is -2.26. The SMILES string of the molecule is Cc1ccc(N(c2cc(-c3ccc(F)cc3)sc2C(N)=O)S(=O)[O-])cc1. The molecule has 0 bridgehead atoms. The maximum absolute atomic E-state index is 13.1. The van der Waals surface area contributed by atoms with Gasteiger partial charge >= 0.3 is 0 Å². The highest BCUT2D eigenvalue weighted by Crippen LogP contribution is 2.40. The Labute approximate surface area is 156 Å². The number of anilines is 2. The van der Waals surface area contributed by atoms with Crippen LogP contribution in [0.1, 0.15) is 15.2 Å². The summed E-state index contributed by atoms with van der Waals surface area (Å²) in [6, 6.07) is 14.1. The molecule has 0 radical (unpaired) electrons. The zero-order chi connectivity index (χ0) is 18.8. The van der Waals surface area contributed by atoms with Gasteiger partial charge in [0, 0.05) is 4.88 Å². The van der Waals surface area contributed by atoms with Crippen molar-refractivity contribution in [3.8, 4) is 10.4 Å². The van der Waals surface area contributed by atoms with E-state index in [2.05, 4.69) is 0 Å². The van der Waals surface area contributed by atoms with Crippen LogP contribution in [0.25, 0.3) is 10.4 Å².